The van der Waals surface area contributed by atoms with Gasteiger partial charge in [-0.25, -0.2) is 0 Å². The van der Waals surface area contributed by atoms with Crippen LogP contribution in [0.2, 0.25) is 0 Å². The zero-order valence-corrected chi connectivity index (χ0v) is 9.25. The number of piperidine rings is 1. The van der Waals surface area contributed by atoms with E-state index < -0.39 is 0 Å². The molecule has 0 aromatic rings. The Morgan fingerprint density at radius 1 is 1.53 bits per heavy atom. The van der Waals surface area contributed by atoms with Crippen LogP contribution in [0, 0.1) is 5.92 Å². The molecule has 2 aliphatic heterocycles. The van der Waals surface area contributed by atoms with E-state index in [9.17, 15) is 4.79 Å². The van der Waals surface area contributed by atoms with Gasteiger partial charge in [-0.05, 0) is 38.3 Å². The molecule has 2 heterocycles. The lowest BCUT2D eigenvalue weighted by Crippen LogP contribution is -2.41. The summed E-state index contributed by atoms with van der Waals surface area (Å²) in [5, 5.41) is 3.33. The SMILES string of the molecule is COC(=O)CC1COC2(CCNCC2)C1. The molecule has 0 aliphatic carbocycles. The molecule has 0 amide bonds. The first-order valence-electron chi connectivity index (χ1n) is 5.66. The van der Waals surface area contributed by atoms with E-state index in [0.717, 1.165) is 39.0 Å². The Balaban J connectivity index is 1.85. The van der Waals surface area contributed by atoms with Gasteiger partial charge in [0.25, 0.3) is 0 Å². The number of nitrogens with one attached hydrogen (secondary N) is 1. The van der Waals surface area contributed by atoms with Crippen molar-refractivity contribution < 1.29 is 14.3 Å². The van der Waals surface area contributed by atoms with E-state index >= 15 is 0 Å². The molecule has 1 atom stereocenters. The number of rotatable bonds is 2. The maximum absolute atomic E-state index is 11.1. The summed E-state index contributed by atoms with van der Waals surface area (Å²) in [7, 11) is 1.44. The fourth-order valence-corrected chi connectivity index (χ4v) is 2.62. The molecule has 1 N–H and O–H groups in total. The van der Waals surface area contributed by atoms with Crippen LogP contribution in [-0.2, 0) is 14.3 Å². The van der Waals surface area contributed by atoms with Crippen molar-refractivity contribution in [1.82, 2.24) is 5.32 Å². The van der Waals surface area contributed by atoms with E-state index in [2.05, 4.69) is 10.1 Å². The monoisotopic (exact) mass is 213 g/mol. The third-order valence-corrected chi connectivity index (χ3v) is 3.48. The number of hydrogen-bond donors (Lipinski definition) is 1. The zero-order chi connectivity index (χ0) is 10.7. The van der Waals surface area contributed by atoms with Gasteiger partial charge in [0.05, 0.1) is 25.7 Å². The Bertz CT molecular complexity index is 236. The molecule has 0 aromatic heterocycles. The Morgan fingerprint density at radius 3 is 2.93 bits per heavy atom. The standard InChI is InChI=1S/C11H19NO3/c1-14-10(13)6-9-7-11(15-8-9)2-4-12-5-3-11/h9,12H,2-8H2,1H3. The first-order valence-corrected chi connectivity index (χ1v) is 5.66. The molecular weight excluding hydrogens is 194 g/mol. The molecule has 2 rings (SSSR count). The minimum atomic E-state index is -0.116. The fraction of sp³-hybridized carbons (Fsp3) is 0.909. The van der Waals surface area contributed by atoms with Crippen LogP contribution in [0.1, 0.15) is 25.7 Å². The second-order valence-electron chi connectivity index (χ2n) is 4.59. The van der Waals surface area contributed by atoms with E-state index in [0.29, 0.717) is 12.3 Å². The Morgan fingerprint density at radius 2 is 2.27 bits per heavy atom. The van der Waals surface area contributed by atoms with Gasteiger partial charge in [0.15, 0.2) is 0 Å². The van der Waals surface area contributed by atoms with Gasteiger partial charge in [0, 0.05) is 0 Å². The van der Waals surface area contributed by atoms with Crippen LogP contribution in [0.4, 0.5) is 0 Å². The van der Waals surface area contributed by atoms with Crippen LogP contribution in [0.25, 0.3) is 0 Å². The van der Waals surface area contributed by atoms with Gasteiger partial charge in [-0.1, -0.05) is 0 Å². The number of esters is 1. The normalized spacial score (nSPS) is 29.3. The van der Waals surface area contributed by atoms with Crippen LogP contribution in [-0.4, -0.2) is 38.4 Å². The molecule has 2 saturated heterocycles. The lowest BCUT2D eigenvalue weighted by atomic mass is 9.85. The second-order valence-corrected chi connectivity index (χ2v) is 4.59. The van der Waals surface area contributed by atoms with E-state index in [4.69, 9.17) is 4.74 Å². The van der Waals surface area contributed by atoms with Gasteiger partial charge in [-0.15, -0.1) is 0 Å². The summed E-state index contributed by atoms with van der Waals surface area (Å²) in [4.78, 5) is 11.1. The Hall–Kier alpha value is -0.610. The van der Waals surface area contributed by atoms with Crippen molar-refractivity contribution in [2.24, 2.45) is 5.92 Å². The predicted molar refractivity (Wildman–Crippen MR) is 55.5 cm³/mol. The number of carbonyl (C=O) groups is 1. The summed E-state index contributed by atoms with van der Waals surface area (Å²) < 4.78 is 10.6. The molecule has 2 fully saturated rings. The summed E-state index contributed by atoms with van der Waals surface area (Å²) in [6.07, 6.45) is 3.67. The van der Waals surface area contributed by atoms with Gasteiger partial charge in [-0.3, -0.25) is 4.79 Å². The molecule has 0 bridgehead atoms. The highest BCUT2D eigenvalue weighted by Gasteiger charge is 2.41. The molecule has 0 aromatic carbocycles. The van der Waals surface area contributed by atoms with Gasteiger partial charge in [0.2, 0.25) is 0 Å². The van der Waals surface area contributed by atoms with Gasteiger partial charge in [0.1, 0.15) is 0 Å². The van der Waals surface area contributed by atoms with Gasteiger partial charge in [-0.2, -0.15) is 0 Å². The van der Waals surface area contributed by atoms with Gasteiger partial charge < -0.3 is 14.8 Å². The number of ether oxygens (including phenoxy) is 2. The predicted octanol–water partition coefficient (Wildman–Crippen LogP) is 0.708. The van der Waals surface area contributed by atoms with Crippen LogP contribution in [0.15, 0.2) is 0 Å². The molecule has 4 nitrogen and oxygen atoms in total. The first-order chi connectivity index (χ1) is 7.24. The highest BCUT2D eigenvalue weighted by atomic mass is 16.5. The Kier molecular flexibility index (Phi) is 3.26. The van der Waals surface area contributed by atoms with E-state index in [1.807, 2.05) is 0 Å². The summed E-state index contributed by atoms with van der Waals surface area (Å²) in [5.74, 6) is 0.241. The maximum atomic E-state index is 11.1. The number of hydrogen-bond acceptors (Lipinski definition) is 4. The van der Waals surface area contributed by atoms with E-state index in [1.165, 1.54) is 7.11 Å². The quantitative estimate of drug-likeness (QED) is 0.686. The van der Waals surface area contributed by atoms with Crippen molar-refractivity contribution in [2.75, 3.05) is 26.8 Å². The summed E-state index contributed by atoms with van der Waals surface area (Å²) in [6, 6.07) is 0. The number of methoxy groups -OCH3 is 1. The molecule has 0 radical (unpaired) electrons. The third kappa shape index (κ3) is 2.49. The largest absolute Gasteiger partial charge is 0.469 e. The number of carbonyl (C=O) groups excluding carboxylic acids is 1. The summed E-state index contributed by atoms with van der Waals surface area (Å²) in [5.41, 5.74) is 0.0595. The van der Waals surface area contributed by atoms with Crippen LogP contribution >= 0.6 is 0 Å². The zero-order valence-electron chi connectivity index (χ0n) is 9.25. The van der Waals surface area contributed by atoms with Crippen molar-refractivity contribution in [3.8, 4) is 0 Å². The topological polar surface area (TPSA) is 47.6 Å². The molecule has 15 heavy (non-hydrogen) atoms. The average Bonchev–Trinajstić information content (AvgIpc) is 2.62. The van der Waals surface area contributed by atoms with E-state index in [-0.39, 0.29) is 11.6 Å². The molecule has 2 aliphatic rings. The lowest BCUT2D eigenvalue weighted by molar-refractivity contribution is -0.141. The second kappa shape index (κ2) is 4.49. The summed E-state index contributed by atoms with van der Waals surface area (Å²) >= 11 is 0. The molecular formula is C11H19NO3. The summed E-state index contributed by atoms with van der Waals surface area (Å²) in [6.45, 7) is 2.78. The first kappa shape index (κ1) is 10.9. The fourth-order valence-electron chi connectivity index (χ4n) is 2.62. The van der Waals surface area contributed by atoms with Crippen molar-refractivity contribution in [3.05, 3.63) is 0 Å². The lowest BCUT2D eigenvalue weighted by Gasteiger charge is -2.33. The van der Waals surface area contributed by atoms with Crippen LogP contribution < -0.4 is 5.32 Å². The van der Waals surface area contributed by atoms with Crippen LogP contribution in [0.3, 0.4) is 0 Å². The molecule has 1 spiro atoms. The average molecular weight is 213 g/mol. The smallest absolute Gasteiger partial charge is 0.305 e. The molecule has 4 heteroatoms. The van der Waals surface area contributed by atoms with Crippen LogP contribution in [0.5, 0.6) is 0 Å². The minimum Gasteiger partial charge on any atom is -0.469 e. The highest BCUT2D eigenvalue weighted by molar-refractivity contribution is 5.69. The Labute approximate surface area is 90.3 Å². The molecule has 0 saturated carbocycles. The molecule has 86 valence electrons. The van der Waals surface area contributed by atoms with Crippen molar-refractivity contribution in [1.29, 1.82) is 0 Å². The molecule has 1 unspecified atom stereocenters. The minimum absolute atomic E-state index is 0.0595. The van der Waals surface area contributed by atoms with Crippen molar-refractivity contribution >= 4 is 5.97 Å². The third-order valence-electron chi connectivity index (χ3n) is 3.48. The van der Waals surface area contributed by atoms with E-state index in [1.54, 1.807) is 0 Å². The highest BCUT2D eigenvalue weighted by Crippen LogP contribution is 2.38. The van der Waals surface area contributed by atoms with Crippen molar-refractivity contribution in [3.63, 3.8) is 0 Å². The maximum Gasteiger partial charge on any atom is 0.305 e. The van der Waals surface area contributed by atoms with Crippen molar-refractivity contribution in [2.45, 2.75) is 31.3 Å². The van der Waals surface area contributed by atoms with Gasteiger partial charge >= 0.3 is 5.97 Å².